The third kappa shape index (κ3) is 4.35. The second-order valence-electron chi connectivity index (χ2n) is 4.45. The zero-order valence-electron chi connectivity index (χ0n) is 10.4. The molecule has 0 unspecified atom stereocenters. The van der Waals surface area contributed by atoms with Gasteiger partial charge in [-0.1, -0.05) is 32.3 Å². The van der Waals surface area contributed by atoms with E-state index in [0.29, 0.717) is 19.1 Å². The number of carbonyl (C=O) groups is 1. The molecule has 1 N–H and O–H groups in total. The van der Waals surface area contributed by atoms with Gasteiger partial charge in [-0.3, -0.25) is 9.69 Å². The van der Waals surface area contributed by atoms with Gasteiger partial charge in [0.15, 0.2) is 0 Å². The number of rotatable bonds is 6. The first kappa shape index (κ1) is 13.2. The highest BCUT2D eigenvalue weighted by Crippen LogP contribution is 2.22. The van der Waals surface area contributed by atoms with Crippen molar-refractivity contribution in [1.82, 2.24) is 10.2 Å². The average molecular weight is 224 g/mol. The van der Waals surface area contributed by atoms with Crippen molar-refractivity contribution in [3.8, 4) is 0 Å². The molecule has 0 radical (unpaired) electrons. The van der Waals surface area contributed by atoms with Gasteiger partial charge < -0.3 is 5.32 Å². The lowest BCUT2D eigenvalue weighted by Crippen LogP contribution is -2.43. The molecule has 16 heavy (non-hydrogen) atoms. The van der Waals surface area contributed by atoms with Crippen LogP contribution in [-0.4, -0.2) is 36.5 Å². The van der Waals surface area contributed by atoms with E-state index in [0.717, 1.165) is 6.54 Å². The molecule has 1 aliphatic rings. The molecule has 92 valence electrons. The smallest absolute Gasteiger partial charge is 0.234 e. The van der Waals surface area contributed by atoms with Crippen LogP contribution in [0.15, 0.2) is 12.7 Å². The molecule has 0 bridgehead atoms. The fraction of sp³-hybridized carbons (Fsp3) is 0.769. The van der Waals surface area contributed by atoms with E-state index in [2.05, 4.69) is 23.7 Å². The maximum Gasteiger partial charge on any atom is 0.234 e. The molecule has 0 aromatic heterocycles. The number of carbonyl (C=O) groups excluding carboxylic acids is 1. The van der Waals surface area contributed by atoms with Crippen LogP contribution in [0.1, 0.15) is 39.0 Å². The van der Waals surface area contributed by atoms with E-state index in [1.54, 1.807) is 6.08 Å². The number of hydrogen-bond donors (Lipinski definition) is 1. The molecule has 0 heterocycles. The van der Waals surface area contributed by atoms with Gasteiger partial charge in [0, 0.05) is 12.6 Å². The summed E-state index contributed by atoms with van der Waals surface area (Å²) in [5.74, 6) is 0.118. The molecule has 0 spiro atoms. The second-order valence-corrected chi connectivity index (χ2v) is 4.45. The van der Waals surface area contributed by atoms with Crippen molar-refractivity contribution in [1.29, 1.82) is 0 Å². The Bertz CT molecular complexity index is 222. The van der Waals surface area contributed by atoms with Crippen molar-refractivity contribution in [2.45, 2.75) is 45.1 Å². The quantitative estimate of drug-likeness (QED) is 0.699. The van der Waals surface area contributed by atoms with Crippen LogP contribution in [0.3, 0.4) is 0 Å². The summed E-state index contributed by atoms with van der Waals surface area (Å²) in [4.78, 5) is 13.9. The zero-order chi connectivity index (χ0) is 11.8. The van der Waals surface area contributed by atoms with Crippen LogP contribution in [0.4, 0.5) is 0 Å². The summed E-state index contributed by atoms with van der Waals surface area (Å²) in [6, 6.07) is 0.619. The lowest BCUT2D eigenvalue weighted by Gasteiger charge is -2.32. The maximum absolute atomic E-state index is 11.6. The zero-order valence-corrected chi connectivity index (χ0v) is 10.4. The third-order valence-electron chi connectivity index (χ3n) is 3.29. The summed E-state index contributed by atoms with van der Waals surface area (Å²) in [6.07, 6.45) is 8.21. The molecule has 1 saturated carbocycles. The average Bonchev–Trinajstić information content (AvgIpc) is 2.34. The van der Waals surface area contributed by atoms with Gasteiger partial charge in [0.2, 0.25) is 5.91 Å². The van der Waals surface area contributed by atoms with E-state index in [4.69, 9.17) is 0 Å². The highest BCUT2D eigenvalue weighted by molar-refractivity contribution is 5.78. The first-order valence-corrected chi connectivity index (χ1v) is 6.39. The minimum Gasteiger partial charge on any atom is -0.352 e. The number of nitrogens with zero attached hydrogens (tertiary/aromatic N) is 1. The van der Waals surface area contributed by atoms with Crippen molar-refractivity contribution >= 4 is 5.91 Å². The van der Waals surface area contributed by atoms with Gasteiger partial charge in [-0.05, 0) is 19.4 Å². The predicted octanol–water partition coefficient (Wildman–Crippen LogP) is 1.94. The van der Waals surface area contributed by atoms with Crippen molar-refractivity contribution in [3.05, 3.63) is 12.7 Å². The summed E-state index contributed by atoms with van der Waals surface area (Å²) >= 11 is 0. The van der Waals surface area contributed by atoms with E-state index in [1.807, 2.05) is 0 Å². The molecule has 0 aromatic rings. The van der Waals surface area contributed by atoms with Gasteiger partial charge in [-0.15, -0.1) is 6.58 Å². The first-order valence-electron chi connectivity index (χ1n) is 6.39. The number of amides is 1. The summed E-state index contributed by atoms with van der Waals surface area (Å²) in [5, 5.41) is 2.84. The van der Waals surface area contributed by atoms with Gasteiger partial charge in [0.25, 0.3) is 0 Å². The number of hydrogen-bond acceptors (Lipinski definition) is 2. The fourth-order valence-electron chi connectivity index (χ4n) is 2.37. The molecule has 0 aliphatic heterocycles. The Balaban J connectivity index is 2.34. The summed E-state index contributed by atoms with van der Waals surface area (Å²) < 4.78 is 0. The van der Waals surface area contributed by atoms with E-state index < -0.39 is 0 Å². The van der Waals surface area contributed by atoms with E-state index in [-0.39, 0.29) is 5.91 Å². The molecule has 0 aromatic carbocycles. The Kier molecular flexibility index (Phi) is 6.16. The van der Waals surface area contributed by atoms with Gasteiger partial charge >= 0.3 is 0 Å². The van der Waals surface area contributed by atoms with E-state index in [9.17, 15) is 4.79 Å². The van der Waals surface area contributed by atoms with Crippen LogP contribution >= 0.6 is 0 Å². The first-order chi connectivity index (χ1) is 7.77. The lowest BCUT2D eigenvalue weighted by molar-refractivity contribution is -0.122. The minimum absolute atomic E-state index is 0.118. The van der Waals surface area contributed by atoms with Crippen molar-refractivity contribution < 1.29 is 4.79 Å². The Hall–Kier alpha value is -0.830. The normalized spacial score (nSPS) is 17.4. The fourth-order valence-corrected chi connectivity index (χ4v) is 2.37. The molecule has 0 saturated heterocycles. The highest BCUT2D eigenvalue weighted by atomic mass is 16.2. The van der Waals surface area contributed by atoms with Crippen LogP contribution in [0, 0.1) is 0 Å². The topological polar surface area (TPSA) is 32.3 Å². The van der Waals surface area contributed by atoms with Gasteiger partial charge in [0.05, 0.1) is 6.54 Å². The van der Waals surface area contributed by atoms with E-state index in [1.165, 1.54) is 32.1 Å². The largest absolute Gasteiger partial charge is 0.352 e. The summed E-state index contributed by atoms with van der Waals surface area (Å²) in [6.45, 7) is 7.80. The van der Waals surface area contributed by atoms with E-state index >= 15 is 0 Å². The Morgan fingerprint density at radius 1 is 1.44 bits per heavy atom. The van der Waals surface area contributed by atoms with Crippen molar-refractivity contribution in [3.63, 3.8) is 0 Å². The van der Waals surface area contributed by atoms with Crippen LogP contribution in [0.2, 0.25) is 0 Å². The Morgan fingerprint density at radius 2 is 2.12 bits per heavy atom. The molecule has 1 fully saturated rings. The monoisotopic (exact) mass is 224 g/mol. The maximum atomic E-state index is 11.6. The third-order valence-corrected chi connectivity index (χ3v) is 3.29. The molecule has 1 rings (SSSR count). The molecule has 0 atom stereocenters. The van der Waals surface area contributed by atoms with Gasteiger partial charge in [0.1, 0.15) is 0 Å². The lowest BCUT2D eigenvalue weighted by atomic mass is 9.94. The molecule has 3 nitrogen and oxygen atoms in total. The van der Waals surface area contributed by atoms with Crippen LogP contribution in [-0.2, 0) is 4.79 Å². The summed E-state index contributed by atoms with van der Waals surface area (Å²) in [5.41, 5.74) is 0. The van der Waals surface area contributed by atoms with Gasteiger partial charge in [-0.2, -0.15) is 0 Å². The van der Waals surface area contributed by atoms with Gasteiger partial charge in [-0.25, -0.2) is 0 Å². The number of likely N-dealkylation sites (N-methyl/N-ethyl adjacent to an activating group) is 1. The number of nitrogens with one attached hydrogen (secondary N) is 1. The Labute approximate surface area is 98.9 Å². The van der Waals surface area contributed by atoms with Crippen molar-refractivity contribution in [2.75, 3.05) is 19.6 Å². The molecule has 1 aliphatic carbocycles. The molecule has 1 amide bonds. The molecular formula is C13H24N2O. The second kappa shape index (κ2) is 7.44. The SMILES string of the molecule is C=CCNC(=O)CN(CC)C1CCCCC1. The van der Waals surface area contributed by atoms with Crippen molar-refractivity contribution in [2.24, 2.45) is 0 Å². The minimum atomic E-state index is 0.118. The Morgan fingerprint density at radius 3 is 2.69 bits per heavy atom. The van der Waals surface area contributed by atoms with Crippen LogP contribution < -0.4 is 5.32 Å². The molecule has 3 heteroatoms. The molecular weight excluding hydrogens is 200 g/mol. The summed E-state index contributed by atoms with van der Waals surface area (Å²) in [7, 11) is 0. The van der Waals surface area contributed by atoms with Crippen LogP contribution in [0.5, 0.6) is 0 Å². The predicted molar refractivity (Wildman–Crippen MR) is 67.3 cm³/mol. The highest BCUT2D eigenvalue weighted by Gasteiger charge is 2.21. The van der Waals surface area contributed by atoms with Crippen LogP contribution in [0.25, 0.3) is 0 Å². The standard InChI is InChI=1S/C13H24N2O/c1-3-10-14-13(16)11-15(4-2)12-8-6-5-7-9-12/h3,12H,1,4-11H2,2H3,(H,14,16).